The third-order valence-corrected chi connectivity index (χ3v) is 3.39. The summed E-state index contributed by atoms with van der Waals surface area (Å²) in [6.07, 6.45) is 1.42. The number of nitrogens with zero attached hydrogens (tertiary/aromatic N) is 1. The highest BCUT2D eigenvalue weighted by molar-refractivity contribution is 5.90. The van der Waals surface area contributed by atoms with Crippen LogP contribution < -0.4 is 9.47 Å². The first-order valence-corrected chi connectivity index (χ1v) is 8.32. The lowest BCUT2D eigenvalue weighted by Crippen LogP contribution is -2.11. The number of hydrogen-bond donors (Lipinski definition) is 0. The number of rotatable bonds is 6. The second-order valence-corrected chi connectivity index (χ2v) is 5.75. The molecule has 9 heteroatoms. The lowest BCUT2D eigenvalue weighted by Gasteiger charge is -2.13. The van der Waals surface area contributed by atoms with Gasteiger partial charge in [0.25, 0.3) is 5.75 Å². The summed E-state index contributed by atoms with van der Waals surface area (Å²) in [4.78, 5) is 45.4. The molecule has 150 valence electrons. The van der Waals surface area contributed by atoms with Crippen LogP contribution >= 0.6 is 0 Å². The van der Waals surface area contributed by atoms with Crippen LogP contribution in [0.4, 0.5) is 5.69 Å². The molecule has 0 aliphatic rings. The minimum absolute atomic E-state index is 0.138. The molecule has 0 bridgehead atoms. The van der Waals surface area contributed by atoms with E-state index in [2.05, 4.69) is 0 Å². The molecule has 0 heterocycles. The van der Waals surface area contributed by atoms with Crippen LogP contribution in [0.5, 0.6) is 11.5 Å². The molecule has 0 fully saturated rings. The van der Waals surface area contributed by atoms with E-state index in [0.29, 0.717) is 5.56 Å². The fourth-order valence-electron chi connectivity index (χ4n) is 2.43. The van der Waals surface area contributed by atoms with Crippen LogP contribution in [0.15, 0.2) is 42.5 Å². The molecular weight excluding hydrogens is 382 g/mol. The number of carbonyl (C=O) groups excluding carboxylic acids is 3. The van der Waals surface area contributed by atoms with Gasteiger partial charge in [0.05, 0.1) is 10.5 Å². The highest BCUT2D eigenvalue weighted by atomic mass is 16.6. The van der Waals surface area contributed by atoms with Gasteiger partial charge < -0.3 is 14.2 Å². The molecule has 9 nitrogen and oxygen atoms in total. The van der Waals surface area contributed by atoms with Gasteiger partial charge in [0.2, 0.25) is 0 Å². The second-order valence-electron chi connectivity index (χ2n) is 5.75. The molecule has 29 heavy (non-hydrogen) atoms. The second kappa shape index (κ2) is 9.27. The predicted octanol–water partition coefficient (Wildman–Crippen LogP) is 3.51. The first kappa shape index (κ1) is 21.3. The molecule has 2 rings (SSSR count). The van der Waals surface area contributed by atoms with Crippen LogP contribution in [-0.4, -0.2) is 22.8 Å². The minimum atomic E-state index is -0.861. The number of benzene rings is 2. The number of ether oxygens (including phenoxy) is 3. The third kappa shape index (κ3) is 5.73. The van der Waals surface area contributed by atoms with Gasteiger partial charge in [-0.3, -0.25) is 24.5 Å². The van der Waals surface area contributed by atoms with Crippen molar-refractivity contribution in [3.8, 4) is 11.5 Å². The third-order valence-electron chi connectivity index (χ3n) is 3.39. The van der Waals surface area contributed by atoms with E-state index < -0.39 is 34.3 Å². The lowest BCUT2D eigenvalue weighted by atomic mass is 10.1. The molecule has 0 N–H and O–H groups in total. The van der Waals surface area contributed by atoms with Gasteiger partial charge >= 0.3 is 23.6 Å². The number of esters is 3. The Hall–Kier alpha value is -4.01. The van der Waals surface area contributed by atoms with Gasteiger partial charge in [-0.15, -0.1) is 0 Å². The van der Waals surface area contributed by atoms with Crippen molar-refractivity contribution in [2.75, 3.05) is 0 Å². The molecule has 0 saturated carbocycles. The summed E-state index contributed by atoms with van der Waals surface area (Å²) in [6.45, 7) is 3.28. The van der Waals surface area contributed by atoms with E-state index in [1.54, 1.807) is 30.3 Å². The summed E-state index contributed by atoms with van der Waals surface area (Å²) < 4.78 is 15.1. The predicted molar refractivity (Wildman–Crippen MR) is 102 cm³/mol. The Morgan fingerprint density at radius 1 is 0.897 bits per heavy atom. The zero-order valence-electron chi connectivity index (χ0n) is 15.8. The number of nitro groups is 1. The van der Waals surface area contributed by atoms with Gasteiger partial charge in [0, 0.05) is 20.8 Å². The molecule has 0 unspecified atom stereocenters. The number of nitro benzene ring substituents is 1. The lowest BCUT2D eigenvalue weighted by molar-refractivity contribution is -0.386. The number of carbonyl (C=O) groups is 3. The van der Waals surface area contributed by atoms with Crippen molar-refractivity contribution in [3.63, 3.8) is 0 Å². The maximum Gasteiger partial charge on any atom is 0.326 e. The van der Waals surface area contributed by atoms with Crippen LogP contribution in [0.3, 0.4) is 0 Å². The van der Waals surface area contributed by atoms with E-state index in [-0.39, 0.29) is 17.1 Å². The normalized spacial score (nSPS) is 10.8. The molecule has 0 radical (unpaired) electrons. The Morgan fingerprint density at radius 3 is 2.03 bits per heavy atom. The summed E-state index contributed by atoms with van der Waals surface area (Å²) >= 11 is 0. The summed E-state index contributed by atoms with van der Waals surface area (Å²) in [6, 6.07) is 11.1. The molecular formula is C20H17NO8. The summed E-state index contributed by atoms with van der Waals surface area (Å²) in [5.74, 6) is -3.36. The van der Waals surface area contributed by atoms with Crippen LogP contribution in [0, 0.1) is 10.1 Å². The summed E-state index contributed by atoms with van der Waals surface area (Å²) in [7, 11) is 0. The average molecular weight is 399 g/mol. The van der Waals surface area contributed by atoms with Crippen molar-refractivity contribution >= 4 is 35.4 Å². The highest BCUT2D eigenvalue weighted by Crippen LogP contribution is 2.43. The average Bonchev–Trinajstić information content (AvgIpc) is 2.61. The fraction of sp³-hybridized carbons (Fsp3) is 0.150. The maximum atomic E-state index is 11.8. The summed E-state index contributed by atoms with van der Waals surface area (Å²) in [5.41, 5.74) is -0.222. The molecule has 2 aromatic rings. The SMILES string of the molecule is CC(=O)OC(=Cc1ccccc1)c1ccc(OC(C)=O)c(OC(C)=O)c1[N+](=O)[O-]. The van der Waals surface area contributed by atoms with Gasteiger partial charge in [0.15, 0.2) is 5.75 Å². The molecule has 0 amide bonds. The van der Waals surface area contributed by atoms with Gasteiger partial charge in [-0.1, -0.05) is 30.3 Å². The van der Waals surface area contributed by atoms with E-state index in [4.69, 9.17) is 14.2 Å². The molecule has 0 aliphatic carbocycles. The van der Waals surface area contributed by atoms with E-state index >= 15 is 0 Å². The first-order valence-electron chi connectivity index (χ1n) is 8.32. The molecule has 0 aromatic heterocycles. The van der Waals surface area contributed by atoms with Crippen molar-refractivity contribution in [2.45, 2.75) is 20.8 Å². The molecule has 0 saturated heterocycles. The zero-order chi connectivity index (χ0) is 21.6. The Balaban J connectivity index is 2.77. The number of hydrogen-bond acceptors (Lipinski definition) is 8. The largest absolute Gasteiger partial charge is 0.426 e. The van der Waals surface area contributed by atoms with Crippen LogP contribution in [0.2, 0.25) is 0 Å². The van der Waals surface area contributed by atoms with Crippen LogP contribution in [-0.2, 0) is 19.1 Å². The quantitative estimate of drug-likeness (QED) is 0.181. The van der Waals surface area contributed by atoms with Crippen LogP contribution in [0.1, 0.15) is 31.9 Å². The van der Waals surface area contributed by atoms with Crippen molar-refractivity contribution < 1.29 is 33.5 Å². The van der Waals surface area contributed by atoms with Gasteiger partial charge in [0.1, 0.15) is 5.76 Å². The minimum Gasteiger partial charge on any atom is -0.426 e. The fourth-order valence-corrected chi connectivity index (χ4v) is 2.43. The van der Waals surface area contributed by atoms with Gasteiger partial charge in [-0.2, -0.15) is 0 Å². The molecule has 0 aliphatic heterocycles. The Kier molecular flexibility index (Phi) is 6.80. The highest BCUT2D eigenvalue weighted by Gasteiger charge is 2.31. The van der Waals surface area contributed by atoms with E-state index in [1.165, 1.54) is 18.2 Å². The first-order chi connectivity index (χ1) is 13.7. The van der Waals surface area contributed by atoms with E-state index in [1.807, 2.05) is 0 Å². The van der Waals surface area contributed by atoms with Crippen molar-refractivity contribution in [1.82, 2.24) is 0 Å². The molecule has 0 spiro atoms. The van der Waals surface area contributed by atoms with Crippen molar-refractivity contribution in [2.24, 2.45) is 0 Å². The Bertz CT molecular complexity index is 995. The Morgan fingerprint density at radius 2 is 1.52 bits per heavy atom. The van der Waals surface area contributed by atoms with Gasteiger partial charge in [-0.25, -0.2) is 0 Å². The Labute approximate surface area is 165 Å². The van der Waals surface area contributed by atoms with Gasteiger partial charge in [-0.05, 0) is 23.8 Å². The summed E-state index contributed by atoms with van der Waals surface area (Å²) in [5, 5.41) is 11.8. The van der Waals surface area contributed by atoms with Crippen molar-refractivity contribution in [1.29, 1.82) is 0 Å². The maximum absolute atomic E-state index is 11.8. The van der Waals surface area contributed by atoms with E-state index in [9.17, 15) is 24.5 Å². The standard InChI is InChI=1S/C20H17NO8/c1-12(22)27-17-10-9-16(19(21(25)26)20(17)29-14(3)24)18(28-13(2)23)11-15-7-5-4-6-8-15/h4-11H,1-3H3. The van der Waals surface area contributed by atoms with Crippen molar-refractivity contribution in [3.05, 3.63) is 63.7 Å². The zero-order valence-corrected chi connectivity index (χ0v) is 15.8. The monoisotopic (exact) mass is 399 g/mol. The van der Waals surface area contributed by atoms with Crippen LogP contribution in [0.25, 0.3) is 11.8 Å². The molecule has 2 aromatic carbocycles. The van der Waals surface area contributed by atoms with E-state index in [0.717, 1.165) is 20.8 Å². The smallest absolute Gasteiger partial charge is 0.326 e. The topological polar surface area (TPSA) is 122 Å². The molecule has 0 atom stereocenters.